The topological polar surface area (TPSA) is 96.5 Å². The van der Waals surface area contributed by atoms with E-state index in [0.29, 0.717) is 23.3 Å². The number of oxazole rings is 1. The summed E-state index contributed by atoms with van der Waals surface area (Å²) in [6.45, 7) is -3.83. The van der Waals surface area contributed by atoms with Gasteiger partial charge in [0.2, 0.25) is 0 Å². The lowest BCUT2D eigenvalue weighted by molar-refractivity contribution is -0.141. The summed E-state index contributed by atoms with van der Waals surface area (Å²) in [5.74, 6) is -1.28. The van der Waals surface area contributed by atoms with Crippen LogP contribution in [0.15, 0.2) is 64.3 Å². The van der Waals surface area contributed by atoms with Crippen molar-refractivity contribution in [1.82, 2.24) is 14.5 Å². The average molecular weight is 674 g/mol. The van der Waals surface area contributed by atoms with Crippen molar-refractivity contribution in [3.63, 3.8) is 0 Å². The summed E-state index contributed by atoms with van der Waals surface area (Å²) in [4.78, 5) is 8.15. The van der Waals surface area contributed by atoms with Crippen molar-refractivity contribution in [2.75, 3.05) is 6.26 Å². The van der Waals surface area contributed by atoms with E-state index in [1.165, 1.54) is 24.5 Å². The fraction of sp³-hybridized carbons (Fsp3) is 0.333. The molecule has 2 aliphatic carbocycles. The van der Waals surface area contributed by atoms with Gasteiger partial charge >= 0.3 is 19.4 Å². The first-order chi connectivity index (χ1) is 21.5. The molecule has 0 fully saturated rings. The molecule has 1 atom stereocenters. The van der Waals surface area contributed by atoms with Crippen LogP contribution >= 0.6 is 0 Å². The molecule has 0 N–H and O–H groups in total. The number of aromatic nitrogens is 3. The van der Waals surface area contributed by atoms with Crippen LogP contribution in [0.25, 0.3) is 22.6 Å². The fourth-order valence-corrected chi connectivity index (χ4v) is 6.18. The van der Waals surface area contributed by atoms with E-state index in [1.54, 1.807) is 24.3 Å². The third-order valence-corrected chi connectivity index (χ3v) is 8.78. The van der Waals surface area contributed by atoms with Crippen molar-refractivity contribution >= 4 is 21.1 Å². The normalized spacial score (nSPS) is 17.5. The zero-order chi connectivity index (χ0) is 33.6. The molecule has 0 spiro atoms. The van der Waals surface area contributed by atoms with E-state index >= 15 is 0 Å². The Morgan fingerprint density at radius 2 is 1.70 bits per heavy atom. The lowest BCUT2D eigenvalue weighted by Crippen LogP contribution is -2.20. The molecular weight excluding hydrogens is 647 g/mol. The number of halogens is 7. The molecule has 2 aromatic heterocycles. The lowest BCUT2D eigenvalue weighted by Gasteiger charge is -2.25. The molecule has 46 heavy (non-hydrogen) atoms. The van der Waals surface area contributed by atoms with Crippen molar-refractivity contribution < 1.29 is 53.0 Å². The SMILES string of the molecule is Cc1nc(C2=C(n3cc(C(F)(F)F)nc3C)CCC(C3=CC=CC(S(C)(=O)=O)C3)=C2)c(-c2ccc(OC(F)F)c(OC(F)F)c2)o1. The number of allylic oxidation sites excluding steroid dienone is 7. The van der Waals surface area contributed by atoms with Gasteiger partial charge in [0.1, 0.15) is 11.5 Å². The molecule has 0 bridgehead atoms. The van der Waals surface area contributed by atoms with Gasteiger partial charge in [-0.05, 0) is 61.6 Å². The van der Waals surface area contributed by atoms with Gasteiger partial charge in [0, 0.05) is 36.2 Å². The van der Waals surface area contributed by atoms with Crippen molar-refractivity contribution in [3.05, 3.63) is 82.9 Å². The summed E-state index contributed by atoms with van der Waals surface area (Å²) in [7, 11) is -3.43. The number of benzene rings is 1. The molecule has 0 radical (unpaired) electrons. The first kappa shape index (κ1) is 33.0. The quantitative estimate of drug-likeness (QED) is 0.214. The van der Waals surface area contributed by atoms with E-state index in [4.69, 9.17) is 4.42 Å². The Hall–Kier alpha value is -4.34. The molecule has 1 aromatic carbocycles. The Morgan fingerprint density at radius 3 is 2.33 bits per heavy atom. The van der Waals surface area contributed by atoms with Gasteiger partial charge < -0.3 is 18.5 Å². The number of nitrogens with zero attached hydrogens (tertiary/aromatic N) is 3. The molecule has 1 unspecified atom stereocenters. The fourth-order valence-electron chi connectivity index (χ4n) is 5.33. The lowest BCUT2D eigenvalue weighted by atomic mass is 9.86. The Labute approximate surface area is 258 Å². The average Bonchev–Trinajstić information content (AvgIpc) is 3.55. The van der Waals surface area contributed by atoms with Gasteiger partial charge in [0.05, 0.1) is 5.25 Å². The van der Waals surface area contributed by atoms with Crippen molar-refractivity contribution in [1.29, 1.82) is 0 Å². The highest BCUT2D eigenvalue weighted by Gasteiger charge is 2.36. The summed E-state index contributed by atoms with van der Waals surface area (Å²) in [5, 5.41) is -0.778. The molecule has 2 aliphatic rings. The Kier molecular flexibility index (Phi) is 8.94. The largest absolute Gasteiger partial charge is 0.440 e. The smallest absolute Gasteiger partial charge is 0.434 e. The molecule has 2 heterocycles. The first-order valence-corrected chi connectivity index (χ1v) is 15.6. The van der Waals surface area contributed by atoms with Gasteiger partial charge in [-0.1, -0.05) is 18.2 Å². The van der Waals surface area contributed by atoms with Crippen LogP contribution < -0.4 is 9.47 Å². The molecule has 8 nitrogen and oxygen atoms in total. The zero-order valence-electron chi connectivity index (χ0n) is 24.4. The third kappa shape index (κ3) is 7.06. The van der Waals surface area contributed by atoms with Crippen LogP contribution in [0.4, 0.5) is 30.7 Å². The van der Waals surface area contributed by atoms with Crippen LogP contribution in [0.2, 0.25) is 0 Å². The number of rotatable bonds is 9. The zero-order valence-corrected chi connectivity index (χ0v) is 25.2. The van der Waals surface area contributed by atoms with E-state index in [9.17, 15) is 39.2 Å². The van der Waals surface area contributed by atoms with Crippen molar-refractivity contribution in [3.8, 4) is 22.8 Å². The minimum absolute atomic E-state index is 0.0226. The van der Waals surface area contributed by atoms with Gasteiger partial charge in [-0.3, -0.25) is 0 Å². The Balaban J connectivity index is 1.70. The molecule has 0 saturated carbocycles. The van der Waals surface area contributed by atoms with Crippen LogP contribution in [0.5, 0.6) is 11.5 Å². The second-order valence-corrected chi connectivity index (χ2v) is 12.8. The predicted molar refractivity (Wildman–Crippen MR) is 153 cm³/mol. The monoisotopic (exact) mass is 673 g/mol. The molecular formula is C30H26F7N3O5S. The highest BCUT2D eigenvalue weighted by atomic mass is 32.2. The number of hydrogen-bond acceptors (Lipinski definition) is 7. The summed E-state index contributed by atoms with van der Waals surface area (Å²) < 4.78 is 134. The van der Waals surface area contributed by atoms with Gasteiger partial charge in [-0.25, -0.2) is 18.4 Å². The highest BCUT2D eigenvalue weighted by molar-refractivity contribution is 7.91. The third-order valence-electron chi connectivity index (χ3n) is 7.36. The van der Waals surface area contributed by atoms with E-state index in [0.717, 1.165) is 24.6 Å². The maximum absolute atomic E-state index is 13.6. The maximum Gasteiger partial charge on any atom is 0.434 e. The maximum atomic E-state index is 13.6. The van der Waals surface area contributed by atoms with Gasteiger partial charge in [0.25, 0.3) is 0 Å². The summed E-state index contributed by atoms with van der Waals surface area (Å²) in [5.41, 5.74) is 1.07. The molecule has 3 aromatic rings. The van der Waals surface area contributed by atoms with Crippen LogP contribution in [-0.4, -0.2) is 47.7 Å². The van der Waals surface area contributed by atoms with E-state index in [1.807, 2.05) is 0 Å². The summed E-state index contributed by atoms with van der Waals surface area (Å²) >= 11 is 0. The number of hydrogen-bond donors (Lipinski definition) is 0. The van der Waals surface area contributed by atoms with Crippen LogP contribution in [-0.2, 0) is 16.0 Å². The Morgan fingerprint density at radius 1 is 1.00 bits per heavy atom. The first-order valence-electron chi connectivity index (χ1n) is 13.7. The van der Waals surface area contributed by atoms with Gasteiger partial charge in [-0.2, -0.15) is 30.7 Å². The predicted octanol–water partition coefficient (Wildman–Crippen LogP) is 7.76. The molecule has 246 valence electrons. The molecule has 16 heteroatoms. The minimum Gasteiger partial charge on any atom is -0.440 e. The molecule has 0 saturated heterocycles. The van der Waals surface area contributed by atoms with E-state index in [2.05, 4.69) is 19.4 Å². The van der Waals surface area contributed by atoms with E-state index in [-0.39, 0.29) is 47.1 Å². The van der Waals surface area contributed by atoms with Crippen LogP contribution in [0, 0.1) is 13.8 Å². The number of alkyl halides is 7. The standard InChI is InChI=1S/C30H26F7N3O5S/c1-15-38-25(30(35,36)37)14-40(15)22-9-7-18(17-5-4-6-20(11-17)46(3,41)42)12-21(22)26-27(43-16(2)39-26)19-8-10-23(44-28(31)32)24(13-19)45-29(33)34/h4-6,8,10,12-14,20,28-29H,7,9,11H2,1-3H3. The summed E-state index contributed by atoms with van der Waals surface area (Å²) in [6, 6.07) is 3.23. The number of sulfone groups is 1. The highest BCUT2D eigenvalue weighted by Crippen LogP contribution is 2.44. The summed E-state index contributed by atoms with van der Waals surface area (Å²) in [6.07, 6.45) is 4.52. The number of ether oxygens (including phenoxy) is 2. The minimum atomic E-state index is -4.73. The van der Waals surface area contributed by atoms with E-state index < -0.39 is 51.7 Å². The number of imidazole rings is 1. The molecule has 5 rings (SSSR count). The molecule has 0 aliphatic heterocycles. The molecule has 0 amide bonds. The number of aryl methyl sites for hydroxylation is 2. The van der Waals surface area contributed by atoms with Crippen molar-refractivity contribution in [2.45, 2.75) is 57.8 Å². The van der Waals surface area contributed by atoms with Crippen LogP contribution in [0.3, 0.4) is 0 Å². The Bertz CT molecular complexity index is 1890. The van der Waals surface area contributed by atoms with Crippen LogP contribution in [0.1, 0.15) is 42.4 Å². The van der Waals surface area contributed by atoms with Gasteiger partial charge in [-0.15, -0.1) is 0 Å². The van der Waals surface area contributed by atoms with Crippen molar-refractivity contribution in [2.24, 2.45) is 0 Å². The van der Waals surface area contributed by atoms with Gasteiger partial charge in [0.15, 0.2) is 38.7 Å². The second-order valence-electron chi connectivity index (χ2n) is 10.5. The second kappa shape index (κ2) is 12.5.